The van der Waals surface area contributed by atoms with Crippen LogP contribution >= 0.6 is 0 Å². The van der Waals surface area contributed by atoms with Crippen LogP contribution in [-0.2, 0) is 4.74 Å². The van der Waals surface area contributed by atoms with E-state index in [0.717, 1.165) is 0 Å². The van der Waals surface area contributed by atoms with E-state index in [1.54, 1.807) is 26.8 Å². The Kier molecular flexibility index (Phi) is 6.05. The summed E-state index contributed by atoms with van der Waals surface area (Å²) in [6.45, 7) is 9.50. The highest BCUT2D eigenvalue weighted by Gasteiger charge is 2.19. The Bertz CT molecular complexity index is 491. The molecule has 1 rings (SSSR count). The molecule has 0 bridgehead atoms. The number of hydrogen-bond donors (Lipinski definition) is 4. The van der Waals surface area contributed by atoms with Gasteiger partial charge in [-0.25, -0.2) is 4.79 Å². The van der Waals surface area contributed by atoms with Crippen molar-refractivity contribution in [3.05, 3.63) is 23.8 Å². The molecule has 1 aromatic rings. The molecular formula is C16H26N2O4. The van der Waals surface area contributed by atoms with E-state index in [9.17, 15) is 15.0 Å². The van der Waals surface area contributed by atoms with Crippen LogP contribution in [0.2, 0.25) is 0 Å². The smallest absolute Gasteiger partial charge is 0.407 e. The SMILES string of the molecule is CC(CNC(=O)OC(C)(C)C)NC(C)c1c(O)cccc1O. The molecule has 124 valence electrons. The fourth-order valence-corrected chi connectivity index (χ4v) is 2.10. The Balaban J connectivity index is 2.51. The molecule has 0 aliphatic heterocycles. The topological polar surface area (TPSA) is 90.8 Å². The highest BCUT2D eigenvalue weighted by molar-refractivity contribution is 5.67. The van der Waals surface area contributed by atoms with Crippen LogP contribution < -0.4 is 10.6 Å². The normalized spacial score (nSPS) is 14.2. The molecule has 0 fully saturated rings. The number of aromatic hydroxyl groups is 2. The maximum atomic E-state index is 11.6. The molecule has 2 atom stereocenters. The van der Waals surface area contributed by atoms with Crippen LogP contribution in [0.4, 0.5) is 4.79 Å². The number of nitrogens with one attached hydrogen (secondary N) is 2. The summed E-state index contributed by atoms with van der Waals surface area (Å²) in [6.07, 6.45) is -0.473. The van der Waals surface area contributed by atoms with Gasteiger partial charge in [0, 0.05) is 18.6 Å². The van der Waals surface area contributed by atoms with Crippen molar-refractivity contribution >= 4 is 6.09 Å². The summed E-state index contributed by atoms with van der Waals surface area (Å²) in [5.41, 5.74) is -0.0954. The zero-order chi connectivity index (χ0) is 16.9. The maximum Gasteiger partial charge on any atom is 0.407 e. The minimum absolute atomic E-state index is 0.0345. The van der Waals surface area contributed by atoms with E-state index >= 15 is 0 Å². The number of benzene rings is 1. The summed E-state index contributed by atoms with van der Waals surface area (Å²) < 4.78 is 5.16. The molecule has 0 heterocycles. The summed E-state index contributed by atoms with van der Waals surface area (Å²) in [4.78, 5) is 11.6. The molecule has 0 saturated carbocycles. The molecule has 0 aliphatic rings. The summed E-state index contributed by atoms with van der Waals surface area (Å²) in [6, 6.07) is 4.29. The third kappa shape index (κ3) is 5.81. The molecule has 22 heavy (non-hydrogen) atoms. The molecule has 6 nitrogen and oxygen atoms in total. The molecule has 2 unspecified atom stereocenters. The third-order valence-electron chi connectivity index (χ3n) is 2.98. The van der Waals surface area contributed by atoms with E-state index in [2.05, 4.69) is 10.6 Å². The average Bonchev–Trinajstić information content (AvgIpc) is 2.34. The van der Waals surface area contributed by atoms with Gasteiger partial charge in [0.25, 0.3) is 0 Å². The number of ether oxygens (including phenoxy) is 1. The number of rotatable bonds is 5. The second-order valence-corrected chi connectivity index (χ2v) is 6.38. The maximum absolute atomic E-state index is 11.6. The largest absolute Gasteiger partial charge is 0.507 e. The first-order valence-corrected chi connectivity index (χ1v) is 7.34. The number of phenols is 2. The number of phenolic OH excluding ortho intramolecular Hbond substituents is 2. The molecule has 0 saturated heterocycles. The Morgan fingerprint density at radius 1 is 1.23 bits per heavy atom. The number of alkyl carbamates (subject to hydrolysis) is 1. The Morgan fingerprint density at radius 3 is 2.27 bits per heavy atom. The standard InChI is InChI=1S/C16H26N2O4/c1-10(9-17-15(21)22-16(3,4)5)18-11(2)14-12(19)7-6-8-13(14)20/h6-8,10-11,18-20H,9H2,1-5H3,(H,17,21). The van der Waals surface area contributed by atoms with E-state index in [0.29, 0.717) is 12.1 Å². The molecule has 0 aromatic heterocycles. The third-order valence-corrected chi connectivity index (χ3v) is 2.98. The number of carbonyl (C=O) groups excluding carboxylic acids is 1. The first-order chi connectivity index (χ1) is 10.1. The van der Waals surface area contributed by atoms with Crippen LogP contribution in [0.15, 0.2) is 18.2 Å². The van der Waals surface area contributed by atoms with Crippen molar-refractivity contribution in [3.63, 3.8) is 0 Å². The predicted molar refractivity (Wildman–Crippen MR) is 85.0 cm³/mol. The van der Waals surface area contributed by atoms with Gasteiger partial charge in [-0.2, -0.15) is 0 Å². The van der Waals surface area contributed by atoms with Gasteiger partial charge in [0.15, 0.2) is 0 Å². The fourth-order valence-electron chi connectivity index (χ4n) is 2.10. The van der Waals surface area contributed by atoms with Crippen LogP contribution in [0.1, 0.15) is 46.2 Å². The van der Waals surface area contributed by atoms with Gasteiger partial charge < -0.3 is 25.6 Å². The first kappa shape index (κ1) is 18.1. The quantitative estimate of drug-likeness (QED) is 0.671. The zero-order valence-electron chi connectivity index (χ0n) is 13.8. The van der Waals surface area contributed by atoms with Crippen molar-refractivity contribution in [1.29, 1.82) is 0 Å². The Hall–Kier alpha value is -1.95. The van der Waals surface area contributed by atoms with Gasteiger partial charge >= 0.3 is 6.09 Å². The van der Waals surface area contributed by atoms with Crippen LogP contribution in [0.3, 0.4) is 0 Å². The highest BCUT2D eigenvalue weighted by atomic mass is 16.6. The average molecular weight is 310 g/mol. The molecule has 0 spiro atoms. The van der Waals surface area contributed by atoms with Gasteiger partial charge in [-0.1, -0.05) is 6.07 Å². The fraction of sp³-hybridized carbons (Fsp3) is 0.562. The lowest BCUT2D eigenvalue weighted by atomic mass is 10.1. The van der Waals surface area contributed by atoms with Crippen LogP contribution in [0, 0.1) is 0 Å². The van der Waals surface area contributed by atoms with Gasteiger partial charge in [0.2, 0.25) is 0 Å². The van der Waals surface area contributed by atoms with Crippen LogP contribution in [-0.4, -0.2) is 34.5 Å². The first-order valence-electron chi connectivity index (χ1n) is 7.34. The van der Waals surface area contributed by atoms with Gasteiger partial charge in [0.05, 0.1) is 5.56 Å². The van der Waals surface area contributed by atoms with Crippen molar-refractivity contribution in [2.45, 2.75) is 52.3 Å². The van der Waals surface area contributed by atoms with Crippen molar-refractivity contribution < 1.29 is 19.7 Å². The molecule has 1 aromatic carbocycles. The molecular weight excluding hydrogens is 284 g/mol. The van der Waals surface area contributed by atoms with Crippen molar-refractivity contribution in [2.75, 3.05) is 6.54 Å². The zero-order valence-corrected chi connectivity index (χ0v) is 13.8. The van der Waals surface area contributed by atoms with Crippen molar-refractivity contribution in [2.24, 2.45) is 0 Å². The van der Waals surface area contributed by atoms with Gasteiger partial charge in [-0.3, -0.25) is 0 Å². The van der Waals surface area contributed by atoms with E-state index in [4.69, 9.17) is 4.74 Å². The molecule has 0 radical (unpaired) electrons. The van der Waals surface area contributed by atoms with E-state index in [-0.39, 0.29) is 23.6 Å². The summed E-state index contributed by atoms with van der Waals surface area (Å²) in [7, 11) is 0. The van der Waals surface area contributed by atoms with E-state index in [1.807, 2.05) is 13.8 Å². The van der Waals surface area contributed by atoms with Gasteiger partial charge in [-0.05, 0) is 46.8 Å². The predicted octanol–water partition coefficient (Wildman–Crippen LogP) is 2.66. The van der Waals surface area contributed by atoms with Gasteiger partial charge in [-0.15, -0.1) is 0 Å². The monoisotopic (exact) mass is 310 g/mol. The highest BCUT2D eigenvalue weighted by Crippen LogP contribution is 2.32. The second kappa shape index (κ2) is 7.35. The lowest BCUT2D eigenvalue weighted by Crippen LogP contribution is -2.42. The van der Waals surface area contributed by atoms with Gasteiger partial charge in [0.1, 0.15) is 17.1 Å². The number of hydrogen-bond acceptors (Lipinski definition) is 5. The van der Waals surface area contributed by atoms with E-state index in [1.165, 1.54) is 12.1 Å². The molecule has 1 amide bonds. The lowest BCUT2D eigenvalue weighted by Gasteiger charge is -2.23. The minimum atomic E-state index is -0.532. The Labute approximate surface area is 131 Å². The van der Waals surface area contributed by atoms with Crippen LogP contribution in [0.5, 0.6) is 11.5 Å². The lowest BCUT2D eigenvalue weighted by molar-refractivity contribution is 0.0522. The molecule has 0 aliphatic carbocycles. The number of carbonyl (C=O) groups is 1. The second-order valence-electron chi connectivity index (χ2n) is 6.38. The minimum Gasteiger partial charge on any atom is -0.507 e. The summed E-state index contributed by atoms with van der Waals surface area (Å²) in [5, 5.41) is 25.5. The van der Waals surface area contributed by atoms with Crippen LogP contribution in [0.25, 0.3) is 0 Å². The van der Waals surface area contributed by atoms with E-state index < -0.39 is 11.7 Å². The summed E-state index contributed by atoms with van der Waals surface area (Å²) in [5.74, 6) is 0.0691. The molecule has 6 heteroatoms. The van der Waals surface area contributed by atoms with Crippen molar-refractivity contribution in [1.82, 2.24) is 10.6 Å². The summed E-state index contributed by atoms with van der Waals surface area (Å²) >= 11 is 0. The van der Waals surface area contributed by atoms with Crippen molar-refractivity contribution in [3.8, 4) is 11.5 Å². The number of amides is 1. The Morgan fingerprint density at radius 2 is 1.77 bits per heavy atom. The molecule has 4 N–H and O–H groups in total.